The largest absolute Gasteiger partial charge is 0.334 e. The van der Waals surface area contributed by atoms with E-state index in [2.05, 4.69) is 16.0 Å². The molecular weight excluding hydrogens is 272 g/mol. The number of carbonyl (C=O) groups is 1. The summed E-state index contributed by atoms with van der Waals surface area (Å²) >= 11 is 6.15. The van der Waals surface area contributed by atoms with Crippen molar-refractivity contribution in [1.29, 1.82) is 0 Å². The number of hydrogen-bond donors (Lipinski definition) is 0. The average Bonchev–Trinajstić information content (AvgIpc) is 2.47. The number of fused-ring (bicyclic) bond motifs is 4. The van der Waals surface area contributed by atoms with Gasteiger partial charge in [0.1, 0.15) is 0 Å². The van der Waals surface area contributed by atoms with Crippen LogP contribution in [-0.4, -0.2) is 29.6 Å². The molecule has 20 heavy (non-hydrogen) atoms. The molecule has 3 aliphatic rings. The van der Waals surface area contributed by atoms with Gasteiger partial charge in [0, 0.05) is 30.2 Å². The van der Waals surface area contributed by atoms with Crippen molar-refractivity contribution in [3.8, 4) is 0 Å². The minimum Gasteiger partial charge on any atom is -0.334 e. The first-order valence-corrected chi connectivity index (χ1v) is 7.74. The molecule has 0 aromatic heterocycles. The zero-order valence-electron chi connectivity index (χ0n) is 11.3. The number of benzene rings is 1. The minimum absolute atomic E-state index is 0.0562. The van der Waals surface area contributed by atoms with Gasteiger partial charge in [-0.2, -0.15) is 0 Å². The summed E-state index contributed by atoms with van der Waals surface area (Å²) in [4.78, 5) is 19.4. The van der Waals surface area contributed by atoms with Gasteiger partial charge in [0.05, 0.1) is 12.0 Å². The third-order valence-corrected chi connectivity index (χ3v) is 5.05. The Morgan fingerprint density at radius 3 is 3.15 bits per heavy atom. The first-order chi connectivity index (χ1) is 9.74. The number of amides is 1. The molecule has 4 heteroatoms. The smallest absolute Gasteiger partial charge is 0.231 e. The fourth-order valence-electron chi connectivity index (χ4n) is 3.82. The van der Waals surface area contributed by atoms with E-state index in [0.29, 0.717) is 0 Å². The highest BCUT2D eigenvalue weighted by molar-refractivity contribution is 6.30. The molecule has 1 aromatic carbocycles. The molecule has 3 nitrogen and oxygen atoms in total. The molecule has 1 aromatic rings. The van der Waals surface area contributed by atoms with Crippen LogP contribution < -0.4 is 0 Å². The molecule has 0 N–H and O–H groups in total. The molecule has 1 fully saturated rings. The van der Waals surface area contributed by atoms with Gasteiger partial charge in [-0.1, -0.05) is 17.7 Å². The number of nitrogens with zero attached hydrogens (tertiary/aromatic N) is 2. The summed E-state index contributed by atoms with van der Waals surface area (Å²) < 4.78 is 0. The highest BCUT2D eigenvalue weighted by atomic mass is 35.5. The van der Waals surface area contributed by atoms with Crippen molar-refractivity contribution in [3.05, 3.63) is 34.3 Å². The van der Waals surface area contributed by atoms with Crippen LogP contribution in [0.4, 0.5) is 0 Å². The van der Waals surface area contributed by atoms with Crippen molar-refractivity contribution < 1.29 is 4.79 Å². The Kier molecular flexibility index (Phi) is 2.84. The number of hydrogen-bond acceptors (Lipinski definition) is 2. The second-order valence-corrected chi connectivity index (χ2v) is 6.35. The molecule has 104 valence electrons. The number of halogens is 1. The standard InChI is InChI=1S/C16H17ClN2O/c17-11-4-3-10-5-7-19-15(13(10)8-11)9-14-12(16(19)20)2-1-6-18-14/h3-4,8,12,15H,1-2,5-7,9H2. The molecule has 0 aliphatic carbocycles. The number of carbonyl (C=O) groups excluding carboxylic acids is 1. The number of piperidine rings is 1. The minimum atomic E-state index is 0.0562. The summed E-state index contributed by atoms with van der Waals surface area (Å²) in [7, 11) is 0. The Morgan fingerprint density at radius 1 is 1.35 bits per heavy atom. The summed E-state index contributed by atoms with van der Waals surface area (Å²) in [5, 5.41) is 0.755. The summed E-state index contributed by atoms with van der Waals surface area (Å²) in [5.41, 5.74) is 3.68. The second kappa shape index (κ2) is 4.59. The molecule has 0 bridgehead atoms. The molecule has 1 amide bonds. The van der Waals surface area contributed by atoms with Gasteiger partial charge in [0.2, 0.25) is 5.91 Å². The Balaban J connectivity index is 1.77. The van der Waals surface area contributed by atoms with Crippen molar-refractivity contribution in [3.63, 3.8) is 0 Å². The fraction of sp³-hybridized carbons (Fsp3) is 0.500. The normalized spacial score (nSPS) is 28.4. The number of rotatable bonds is 0. The maximum absolute atomic E-state index is 12.7. The van der Waals surface area contributed by atoms with E-state index in [9.17, 15) is 4.79 Å². The molecule has 4 rings (SSSR count). The zero-order valence-corrected chi connectivity index (χ0v) is 12.1. The SMILES string of the molecule is O=C1C2CCCN=C2CC2c3cc(Cl)ccc3CCN12. The van der Waals surface area contributed by atoms with Gasteiger partial charge in [0.25, 0.3) is 0 Å². The van der Waals surface area contributed by atoms with Crippen molar-refractivity contribution in [1.82, 2.24) is 4.90 Å². The van der Waals surface area contributed by atoms with E-state index in [1.54, 1.807) is 0 Å². The first kappa shape index (κ1) is 12.4. The van der Waals surface area contributed by atoms with Gasteiger partial charge in [-0.3, -0.25) is 9.79 Å². The summed E-state index contributed by atoms with van der Waals surface area (Å²) in [6.45, 7) is 1.72. The summed E-state index contributed by atoms with van der Waals surface area (Å²) in [6, 6.07) is 6.23. The average molecular weight is 289 g/mol. The number of aliphatic imine (C=N–C) groups is 1. The molecule has 1 saturated heterocycles. The quantitative estimate of drug-likeness (QED) is 0.722. The van der Waals surface area contributed by atoms with Crippen LogP contribution in [0.3, 0.4) is 0 Å². The summed E-state index contributed by atoms with van der Waals surface area (Å²) in [5.74, 6) is 0.339. The van der Waals surface area contributed by atoms with Crippen LogP contribution in [0.5, 0.6) is 0 Å². The van der Waals surface area contributed by atoms with E-state index in [1.807, 2.05) is 12.1 Å². The van der Waals surface area contributed by atoms with Gasteiger partial charge < -0.3 is 4.90 Å². The molecular formula is C16H17ClN2O. The Bertz CT molecular complexity index is 610. The van der Waals surface area contributed by atoms with E-state index < -0.39 is 0 Å². The molecule has 3 heterocycles. The van der Waals surface area contributed by atoms with E-state index >= 15 is 0 Å². The molecule has 0 spiro atoms. The maximum atomic E-state index is 12.7. The first-order valence-electron chi connectivity index (χ1n) is 7.36. The zero-order chi connectivity index (χ0) is 13.7. The fourth-order valence-corrected chi connectivity index (χ4v) is 4.00. The lowest BCUT2D eigenvalue weighted by atomic mass is 9.79. The van der Waals surface area contributed by atoms with Gasteiger partial charge in [-0.15, -0.1) is 0 Å². The Morgan fingerprint density at radius 2 is 2.25 bits per heavy atom. The summed E-state index contributed by atoms with van der Waals surface area (Å²) in [6.07, 6.45) is 3.85. The van der Waals surface area contributed by atoms with Crippen LogP contribution >= 0.6 is 11.6 Å². The van der Waals surface area contributed by atoms with Gasteiger partial charge in [0.15, 0.2) is 0 Å². The Labute approximate surface area is 123 Å². The lowest BCUT2D eigenvalue weighted by Gasteiger charge is -2.44. The third-order valence-electron chi connectivity index (χ3n) is 4.82. The van der Waals surface area contributed by atoms with Crippen LogP contribution in [0.2, 0.25) is 5.02 Å². The Hall–Kier alpha value is -1.35. The van der Waals surface area contributed by atoms with Crippen molar-refractivity contribution >= 4 is 23.2 Å². The monoisotopic (exact) mass is 288 g/mol. The van der Waals surface area contributed by atoms with Crippen LogP contribution in [0.15, 0.2) is 23.2 Å². The topological polar surface area (TPSA) is 32.7 Å². The molecule has 0 radical (unpaired) electrons. The van der Waals surface area contributed by atoms with Gasteiger partial charge >= 0.3 is 0 Å². The lowest BCUT2D eigenvalue weighted by molar-refractivity contribution is -0.138. The highest BCUT2D eigenvalue weighted by Crippen LogP contribution is 2.40. The highest BCUT2D eigenvalue weighted by Gasteiger charge is 2.42. The maximum Gasteiger partial charge on any atom is 0.231 e. The molecule has 0 saturated carbocycles. The predicted octanol–water partition coefficient (Wildman–Crippen LogP) is 3.02. The van der Waals surface area contributed by atoms with Crippen LogP contribution in [0, 0.1) is 5.92 Å². The van der Waals surface area contributed by atoms with E-state index in [4.69, 9.17) is 11.6 Å². The van der Waals surface area contributed by atoms with Gasteiger partial charge in [-0.25, -0.2) is 0 Å². The third kappa shape index (κ3) is 1.80. The lowest BCUT2D eigenvalue weighted by Crippen LogP contribution is -2.51. The second-order valence-electron chi connectivity index (χ2n) is 5.91. The van der Waals surface area contributed by atoms with E-state index in [1.165, 1.54) is 11.1 Å². The van der Waals surface area contributed by atoms with Crippen molar-refractivity contribution in [2.75, 3.05) is 13.1 Å². The predicted molar refractivity (Wildman–Crippen MR) is 79.3 cm³/mol. The van der Waals surface area contributed by atoms with Crippen molar-refractivity contribution in [2.45, 2.75) is 31.7 Å². The van der Waals surface area contributed by atoms with Crippen LogP contribution in [0.25, 0.3) is 0 Å². The van der Waals surface area contributed by atoms with E-state index in [0.717, 1.165) is 49.5 Å². The van der Waals surface area contributed by atoms with Crippen LogP contribution in [-0.2, 0) is 11.2 Å². The van der Waals surface area contributed by atoms with Crippen molar-refractivity contribution in [2.24, 2.45) is 10.9 Å². The van der Waals surface area contributed by atoms with Gasteiger partial charge in [-0.05, 0) is 42.5 Å². The molecule has 2 unspecified atom stereocenters. The van der Waals surface area contributed by atoms with Crippen LogP contribution in [0.1, 0.15) is 36.4 Å². The molecule has 2 atom stereocenters. The van der Waals surface area contributed by atoms with E-state index in [-0.39, 0.29) is 17.9 Å². The molecule has 3 aliphatic heterocycles.